The van der Waals surface area contributed by atoms with Gasteiger partial charge in [-0.15, -0.1) is 0 Å². The second-order valence-electron chi connectivity index (χ2n) is 1.77. The number of carbonyl (C=O) groups excluding carboxylic acids is 2. The van der Waals surface area contributed by atoms with E-state index in [4.69, 9.17) is 0 Å². The molecule has 0 aromatic heterocycles. The van der Waals surface area contributed by atoms with Gasteiger partial charge < -0.3 is 5.32 Å². The van der Waals surface area contributed by atoms with E-state index in [1.807, 2.05) is 0 Å². The van der Waals surface area contributed by atoms with Crippen LogP contribution >= 0.6 is 0 Å². The molecule has 1 N–H and O–H groups in total. The van der Waals surface area contributed by atoms with Crippen molar-refractivity contribution in [2.75, 3.05) is 7.05 Å². The molecular weight excluding hydrogens is 130 g/mol. The summed E-state index contributed by atoms with van der Waals surface area (Å²) >= 11 is 0. The first kappa shape index (κ1) is 8.88. The predicted octanol–water partition coefficient (Wildman–Crippen LogP) is 0.268. The molecule has 0 radical (unpaired) electrons. The molecule has 0 saturated heterocycles. The molecule has 56 valence electrons. The second-order valence-corrected chi connectivity index (χ2v) is 1.77. The molecule has 0 rings (SSSR count). The first-order valence-corrected chi connectivity index (χ1v) is 3.13. The molecule has 0 aliphatic carbocycles. The summed E-state index contributed by atoms with van der Waals surface area (Å²) in [5, 5.41) is 2.37. The molecule has 0 bridgehead atoms. The van der Waals surface area contributed by atoms with Crippen molar-refractivity contribution in [1.82, 2.24) is 5.32 Å². The van der Waals surface area contributed by atoms with E-state index in [1.165, 1.54) is 19.2 Å². The second kappa shape index (κ2) is 4.73. The summed E-state index contributed by atoms with van der Waals surface area (Å²) in [6.07, 6.45) is 2.94. The number of rotatable bonds is 3. The van der Waals surface area contributed by atoms with Crippen LogP contribution in [-0.2, 0) is 9.59 Å². The Labute approximate surface area is 60.1 Å². The van der Waals surface area contributed by atoms with E-state index in [1.54, 1.807) is 6.92 Å². The van der Waals surface area contributed by atoms with Crippen molar-refractivity contribution < 1.29 is 9.59 Å². The zero-order chi connectivity index (χ0) is 7.98. The third-order valence-electron chi connectivity index (χ3n) is 1.02. The zero-order valence-electron chi connectivity index (χ0n) is 6.18. The fourth-order valence-corrected chi connectivity index (χ4v) is 0.370. The van der Waals surface area contributed by atoms with Crippen molar-refractivity contribution >= 4 is 11.7 Å². The van der Waals surface area contributed by atoms with Crippen molar-refractivity contribution in [3.05, 3.63) is 12.2 Å². The van der Waals surface area contributed by atoms with Gasteiger partial charge >= 0.3 is 0 Å². The van der Waals surface area contributed by atoms with E-state index in [9.17, 15) is 9.59 Å². The van der Waals surface area contributed by atoms with Crippen LogP contribution in [0.1, 0.15) is 13.3 Å². The maximum Gasteiger partial charge on any atom is 0.243 e. The number of allylic oxidation sites excluding steroid dienone is 1. The Balaban J connectivity index is 3.75. The van der Waals surface area contributed by atoms with Gasteiger partial charge in [0.1, 0.15) is 0 Å². The fraction of sp³-hybridized carbons (Fsp3) is 0.429. The molecule has 0 saturated carbocycles. The van der Waals surface area contributed by atoms with E-state index < -0.39 is 0 Å². The van der Waals surface area contributed by atoms with Crippen LogP contribution < -0.4 is 5.32 Å². The van der Waals surface area contributed by atoms with Gasteiger partial charge in [0.05, 0.1) is 0 Å². The highest BCUT2D eigenvalue weighted by Crippen LogP contribution is 1.82. The Morgan fingerprint density at radius 1 is 1.40 bits per heavy atom. The quantitative estimate of drug-likeness (QED) is 0.573. The van der Waals surface area contributed by atoms with Gasteiger partial charge in [0.2, 0.25) is 5.91 Å². The largest absolute Gasteiger partial charge is 0.356 e. The number of carbonyl (C=O) groups is 2. The monoisotopic (exact) mass is 141 g/mol. The number of ketones is 1. The maximum absolute atomic E-state index is 10.6. The number of likely N-dealkylation sites (N-methyl/N-ethyl adjacent to an activating group) is 1. The lowest BCUT2D eigenvalue weighted by molar-refractivity contribution is -0.117. The molecule has 0 aliphatic heterocycles. The lowest BCUT2D eigenvalue weighted by Crippen LogP contribution is -2.14. The summed E-state index contributed by atoms with van der Waals surface area (Å²) in [4.78, 5) is 21.0. The van der Waals surface area contributed by atoms with Gasteiger partial charge in [0.25, 0.3) is 0 Å². The average molecular weight is 141 g/mol. The first-order valence-electron chi connectivity index (χ1n) is 3.13. The molecule has 3 nitrogen and oxygen atoms in total. The lowest BCUT2D eigenvalue weighted by Gasteiger charge is -1.87. The van der Waals surface area contributed by atoms with E-state index >= 15 is 0 Å². The van der Waals surface area contributed by atoms with Crippen LogP contribution in [-0.4, -0.2) is 18.7 Å². The highest BCUT2D eigenvalue weighted by atomic mass is 16.1. The highest BCUT2D eigenvalue weighted by molar-refractivity contribution is 5.97. The third kappa shape index (κ3) is 3.83. The topological polar surface area (TPSA) is 46.2 Å². The number of hydrogen-bond acceptors (Lipinski definition) is 2. The molecule has 0 unspecified atom stereocenters. The first-order chi connectivity index (χ1) is 4.70. The fourth-order valence-electron chi connectivity index (χ4n) is 0.370. The van der Waals surface area contributed by atoms with Gasteiger partial charge in [-0.05, 0) is 6.08 Å². The SMILES string of the molecule is CCC(=O)/C=C/C(=O)NC. The number of nitrogens with one attached hydrogen (secondary N) is 1. The van der Waals surface area contributed by atoms with Crippen LogP contribution in [0.3, 0.4) is 0 Å². The van der Waals surface area contributed by atoms with E-state index in [0.717, 1.165) is 0 Å². The minimum atomic E-state index is -0.248. The molecule has 0 heterocycles. The smallest absolute Gasteiger partial charge is 0.243 e. The molecule has 0 aliphatic rings. The van der Waals surface area contributed by atoms with Crippen molar-refractivity contribution in [3.8, 4) is 0 Å². The van der Waals surface area contributed by atoms with E-state index in [-0.39, 0.29) is 11.7 Å². The van der Waals surface area contributed by atoms with E-state index in [2.05, 4.69) is 5.32 Å². The van der Waals surface area contributed by atoms with Gasteiger partial charge in [-0.1, -0.05) is 6.92 Å². The molecule has 0 aromatic carbocycles. The van der Waals surface area contributed by atoms with Gasteiger partial charge in [-0.2, -0.15) is 0 Å². The van der Waals surface area contributed by atoms with Crippen LogP contribution in [0.15, 0.2) is 12.2 Å². The maximum atomic E-state index is 10.6. The Kier molecular flexibility index (Phi) is 4.20. The molecule has 3 heteroatoms. The Hall–Kier alpha value is -1.12. The number of hydrogen-bond donors (Lipinski definition) is 1. The van der Waals surface area contributed by atoms with Crippen molar-refractivity contribution in [2.45, 2.75) is 13.3 Å². The highest BCUT2D eigenvalue weighted by Gasteiger charge is 1.91. The predicted molar refractivity (Wildman–Crippen MR) is 38.5 cm³/mol. The van der Waals surface area contributed by atoms with Gasteiger partial charge in [-0.3, -0.25) is 9.59 Å². The molecular formula is C7H11NO2. The summed E-state index contributed by atoms with van der Waals surface area (Å²) in [5.41, 5.74) is 0. The molecule has 1 amide bonds. The van der Waals surface area contributed by atoms with Crippen LogP contribution in [0.5, 0.6) is 0 Å². The van der Waals surface area contributed by atoms with Crippen LogP contribution in [0.2, 0.25) is 0 Å². The summed E-state index contributed by atoms with van der Waals surface area (Å²) < 4.78 is 0. The van der Waals surface area contributed by atoms with Crippen LogP contribution in [0.4, 0.5) is 0 Å². The Bertz CT molecular complexity index is 143. The molecule has 0 fully saturated rings. The minimum Gasteiger partial charge on any atom is -0.356 e. The average Bonchev–Trinajstić information content (AvgIpc) is 1.99. The summed E-state index contributed by atoms with van der Waals surface area (Å²) in [7, 11) is 1.52. The Morgan fingerprint density at radius 3 is 2.40 bits per heavy atom. The van der Waals surface area contributed by atoms with Gasteiger partial charge in [0.15, 0.2) is 5.78 Å². The normalized spacial score (nSPS) is 9.80. The molecule has 0 spiro atoms. The number of amides is 1. The lowest BCUT2D eigenvalue weighted by atomic mass is 10.3. The molecule has 0 atom stereocenters. The Morgan fingerprint density at radius 2 is 2.00 bits per heavy atom. The molecule has 10 heavy (non-hydrogen) atoms. The zero-order valence-corrected chi connectivity index (χ0v) is 6.18. The third-order valence-corrected chi connectivity index (χ3v) is 1.02. The van der Waals surface area contributed by atoms with E-state index in [0.29, 0.717) is 6.42 Å². The van der Waals surface area contributed by atoms with Crippen LogP contribution in [0.25, 0.3) is 0 Å². The van der Waals surface area contributed by atoms with Gasteiger partial charge in [-0.25, -0.2) is 0 Å². The summed E-state index contributed by atoms with van der Waals surface area (Å²) in [6, 6.07) is 0. The minimum absolute atomic E-state index is 0.0383. The van der Waals surface area contributed by atoms with Crippen molar-refractivity contribution in [1.29, 1.82) is 0 Å². The summed E-state index contributed by atoms with van der Waals surface area (Å²) in [6.45, 7) is 1.75. The molecule has 0 aromatic rings. The van der Waals surface area contributed by atoms with Crippen molar-refractivity contribution in [3.63, 3.8) is 0 Å². The van der Waals surface area contributed by atoms with Crippen LogP contribution in [0, 0.1) is 0 Å². The van der Waals surface area contributed by atoms with Crippen molar-refractivity contribution in [2.24, 2.45) is 0 Å². The van der Waals surface area contributed by atoms with Gasteiger partial charge in [0, 0.05) is 19.5 Å². The summed E-state index contributed by atoms with van der Waals surface area (Å²) in [5.74, 6) is -0.287. The standard InChI is InChI=1S/C7H11NO2/c1-3-6(9)4-5-7(10)8-2/h4-5H,3H2,1-2H3,(H,8,10)/b5-4+.